The first kappa shape index (κ1) is 39.2. The zero-order valence-electron chi connectivity index (χ0n) is 31.8. The van der Waals surface area contributed by atoms with Crippen LogP contribution in [0.4, 0.5) is 0 Å². The molecule has 4 aliphatic rings. The van der Waals surface area contributed by atoms with Crippen LogP contribution in [0.25, 0.3) is 0 Å². The van der Waals surface area contributed by atoms with E-state index in [2.05, 4.69) is 63.1 Å². The molecule has 0 aromatic heterocycles. The van der Waals surface area contributed by atoms with Crippen molar-refractivity contribution in [3.63, 3.8) is 0 Å². The van der Waals surface area contributed by atoms with Crippen molar-refractivity contribution in [2.75, 3.05) is 53.0 Å². The Morgan fingerprint density at radius 1 is 0.796 bits per heavy atom. The molecule has 5 rings (SSSR count). The van der Waals surface area contributed by atoms with Gasteiger partial charge in [-0.15, -0.1) is 0 Å². The van der Waals surface area contributed by atoms with Gasteiger partial charge < -0.3 is 36.3 Å². The Kier molecular flexibility index (Phi) is 14.9. The van der Waals surface area contributed by atoms with Crippen LogP contribution < -0.4 is 17.2 Å². The lowest BCUT2D eigenvalue weighted by atomic mass is 9.44. The first-order chi connectivity index (χ1) is 23.8. The van der Waals surface area contributed by atoms with E-state index >= 15 is 0 Å². The van der Waals surface area contributed by atoms with Gasteiger partial charge in [0.2, 0.25) is 0 Å². The molecule has 280 valence electrons. The highest BCUT2D eigenvalue weighted by Crippen LogP contribution is 2.69. The third-order valence-electron chi connectivity index (χ3n) is 14.3. The van der Waals surface area contributed by atoms with Crippen LogP contribution in [0.3, 0.4) is 0 Å². The topological polar surface area (TPSA) is 109 Å². The second kappa shape index (κ2) is 18.6. The molecule has 1 aromatic rings. The third-order valence-corrected chi connectivity index (χ3v) is 14.3. The van der Waals surface area contributed by atoms with Gasteiger partial charge in [-0.25, -0.2) is 0 Å². The van der Waals surface area contributed by atoms with E-state index < -0.39 is 0 Å². The van der Waals surface area contributed by atoms with Crippen LogP contribution in [0, 0.1) is 46.3 Å². The molecule has 0 bridgehead atoms. The monoisotopic (exact) mass is 683 g/mol. The van der Waals surface area contributed by atoms with Gasteiger partial charge in [0, 0.05) is 31.8 Å². The van der Waals surface area contributed by atoms with E-state index in [1.165, 1.54) is 56.9 Å². The van der Waals surface area contributed by atoms with E-state index in [1.54, 1.807) is 0 Å². The summed E-state index contributed by atoms with van der Waals surface area (Å²) in [6, 6.07) is 10.9. The van der Waals surface area contributed by atoms with Gasteiger partial charge >= 0.3 is 0 Å². The maximum absolute atomic E-state index is 7.07. The van der Waals surface area contributed by atoms with Crippen LogP contribution in [0.5, 0.6) is 0 Å². The van der Waals surface area contributed by atoms with Gasteiger partial charge in [-0.2, -0.15) is 0 Å². The van der Waals surface area contributed by atoms with Gasteiger partial charge in [-0.3, -0.25) is 0 Å². The number of benzene rings is 1. The Bertz CT molecular complexity index is 1090. The molecule has 0 heterocycles. The summed E-state index contributed by atoms with van der Waals surface area (Å²) in [6.45, 7) is 14.5. The summed E-state index contributed by atoms with van der Waals surface area (Å²) in [4.78, 5) is 2.49. The molecule has 4 fully saturated rings. The van der Waals surface area contributed by atoms with Crippen molar-refractivity contribution in [1.82, 2.24) is 4.90 Å². The van der Waals surface area contributed by atoms with Gasteiger partial charge in [-0.05, 0) is 163 Å². The van der Waals surface area contributed by atoms with Crippen molar-refractivity contribution < 1.29 is 14.2 Å². The van der Waals surface area contributed by atoms with Crippen molar-refractivity contribution in [2.45, 2.75) is 129 Å². The molecular formula is C42H74N4O3. The fourth-order valence-corrected chi connectivity index (χ4v) is 11.6. The van der Waals surface area contributed by atoms with Crippen LogP contribution in [0.15, 0.2) is 30.3 Å². The molecule has 0 saturated heterocycles. The minimum Gasteiger partial charge on any atom is -0.378 e. The summed E-state index contributed by atoms with van der Waals surface area (Å²) in [5, 5.41) is 0. The lowest BCUT2D eigenvalue weighted by molar-refractivity contribution is -0.217. The van der Waals surface area contributed by atoms with Crippen LogP contribution in [0.1, 0.15) is 110 Å². The predicted octanol–water partition coefficient (Wildman–Crippen LogP) is 7.01. The highest BCUT2D eigenvalue weighted by Gasteiger charge is 2.66. The minimum atomic E-state index is 0.155. The van der Waals surface area contributed by atoms with E-state index in [0.29, 0.717) is 67.3 Å². The molecule has 11 atom stereocenters. The molecule has 4 unspecified atom stereocenters. The average Bonchev–Trinajstić information content (AvgIpc) is 3.37. The summed E-state index contributed by atoms with van der Waals surface area (Å²) in [5.41, 5.74) is 19.7. The van der Waals surface area contributed by atoms with Crippen molar-refractivity contribution in [3.8, 4) is 0 Å². The third kappa shape index (κ3) is 9.12. The first-order valence-electron chi connectivity index (χ1n) is 20.4. The molecule has 7 heteroatoms. The Morgan fingerprint density at radius 2 is 1.49 bits per heavy atom. The Morgan fingerprint density at radius 3 is 2.20 bits per heavy atom. The molecule has 0 amide bonds. The fraction of sp³-hybridized carbons (Fsp3) is 0.857. The van der Waals surface area contributed by atoms with Crippen molar-refractivity contribution in [2.24, 2.45) is 63.5 Å². The Hall–Kier alpha value is -1.06. The van der Waals surface area contributed by atoms with Crippen molar-refractivity contribution in [3.05, 3.63) is 35.9 Å². The summed E-state index contributed by atoms with van der Waals surface area (Å²) >= 11 is 0. The number of fused-ring (bicyclic) bond motifs is 5. The zero-order chi connectivity index (χ0) is 34.9. The largest absolute Gasteiger partial charge is 0.378 e. The minimum absolute atomic E-state index is 0.155. The molecule has 6 N–H and O–H groups in total. The van der Waals surface area contributed by atoms with Crippen LogP contribution in [-0.4, -0.2) is 76.3 Å². The lowest BCUT2D eigenvalue weighted by Crippen LogP contribution is -2.62. The van der Waals surface area contributed by atoms with E-state index in [0.717, 1.165) is 65.0 Å². The molecule has 49 heavy (non-hydrogen) atoms. The van der Waals surface area contributed by atoms with E-state index in [9.17, 15) is 0 Å². The van der Waals surface area contributed by atoms with Gasteiger partial charge in [-0.1, -0.05) is 51.1 Å². The molecule has 7 nitrogen and oxygen atoms in total. The maximum Gasteiger partial charge on any atom is 0.0637 e. The number of ether oxygens (including phenoxy) is 3. The molecule has 1 aromatic carbocycles. The molecule has 0 spiro atoms. The normalized spacial score (nSPS) is 36.6. The molecule has 0 radical (unpaired) electrons. The van der Waals surface area contributed by atoms with Crippen molar-refractivity contribution in [1.29, 1.82) is 0 Å². The summed E-state index contributed by atoms with van der Waals surface area (Å²) in [7, 11) is 2.27. The Labute approximate surface area is 300 Å². The summed E-state index contributed by atoms with van der Waals surface area (Å²) in [6.07, 6.45) is 16.1. The molecular weight excluding hydrogens is 608 g/mol. The van der Waals surface area contributed by atoms with Crippen molar-refractivity contribution >= 4 is 0 Å². The molecule has 4 saturated carbocycles. The van der Waals surface area contributed by atoms with E-state index in [1.807, 2.05) is 0 Å². The second-order valence-electron chi connectivity index (χ2n) is 17.2. The van der Waals surface area contributed by atoms with Crippen LogP contribution >= 0.6 is 0 Å². The number of nitrogens with two attached hydrogens (primary N) is 3. The van der Waals surface area contributed by atoms with E-state index in [-0.39, 0.29) is 16.9 Å². The fourth-order valence-electron chi connectivity index (χ4n) is 11.6. The smallest absolute Gasteiger partial charge is 0.0637 e. The quantitative estimate of drug-likeness (QED) is 0.135. The predicted molar refractivity (Wildman–Crippen MR) is 202 cm³/mol. The lowest BCUT2D eigenvalue weighted by Gasteiger charge is -2.63. The number of hydrogen-bond acceptors (Lipinski definition) is 7. The molecule has 4 aliphatic carbocycles. The van der Waals surface area contributed by atoms with Gasteiger partial charge in [0.1, 0.15) is 0 Å². The molecule has 0 aliphatic heterocycles. The van der Waals surface area contributed by atoms with Gasteiger partial charge in [0.25, 0.3) is 0 Å². The maximum atomic E-state index is 7.07. The number of hydrogen-bond donors (Lipinski definition) is 3. The number of rotatable bonds is 19. The Balaban J connectivity index is 1.35. The van der Waals surface area contributed by atoms with Gasteiger partial charge in [0.15, 0.2) is 0 Å². The van der Waals surface area contributed by atoms with Crippen LogP contribution in [0.2, 0.25) is 0 Å². The van der Waals surface area contributed by atoms with Gasteiger partial charge in [0.05, 0.1) is 18.3 Å². The standard InChI is InChI=1S/C42H74N4O3/c1-31(12-8-24-46(4)30-32-13-6-5-7-14-32)35-17-18-36-40-37(29-39(42(35,36)3)49-27-11-23-45)41(2)20-19-34(47-25-9-21-43)16-15-33(41)28-38(40)48-26-10-22-44/h5-7,13-14,31,33-40H,8-12,15-30,43-45H2,1-4H3/t31-,33?,34+,35?,36+,37+,38-,39+,40?,41-,42?/m1/s1. The summed E-state index contributed by atoms with van der Waals surface area (Å²) in [5.74, 6) is 3.83. The number of nitrogens with zero attached hydrogens (tertiary/aromatic N) is 1. The first-order valence-corrected chi connectivity index (χ1v) is 20.4. The average molecular weight is 683 g/mol. The SMILES string of the molecule is C[C@H](CCCN(C)Cc1ccccc1)C1CC[C@H]2C3[C@H](OCCCN)CC4CC[C@H](OCCCN)CC[C@@]4(C)[C@H]3C[C@H](OCCCN)C12C. The summed E-state index contributed by atoms with van der Waals surface area (Å²) < 4.78 is 20.5. The van der Waals surface area contributed by atoms with Crippen LogP contribution in [-0.2, 0) is 20.8 Å². The second-order valence-corrected chi connectivity index (χ2v) is 17.2. The zero-order valence-corrected chi connectivity index (χ0v) is 31.8. The van der Waals surface area contributed by atoms with E-state index in [4.69, 9.17) is 31.4 Å². The highest BCUT2D eigenvalue weighted by atomic mass is 16.5. The highest BCUT2D eigenvalue weighted by molar-refractivity contribution is 5.16.